The first-order valence-electron chi connectivity index (χ1n) is 6.84. The normalized spacial score (nSPS) is 16.5. The average molecular weight is 286 g/mol. The van der Waals surface area contributed by atoms with Crippen molar-refractivity contribution in [2.45, 2.75) is 43.5 Å². The van der Waals surface area contributed by atoms with Crippen molar-refractivity contribution >= 4 is 10.0 Å². The maximum absolute atomic E-state index is 12.0. The summed E-state index contributed by atoms with van der Waals surface area (Å²) in [4.78, 5) is 0.234. The molecule has 19 heavy (non-hydrogen) atoms. The standard InChI is InChI=1S/C12H22N4O2S/c13-6-2-8-16-10-12(9-14-16)19(17,18)15-7-5-11-3-1-4-11/h9-11,15H,1-8,13H2. The Morgan fingerprint density at radius 1 is 1.47 bits per heavy atom. The van der Waals surface area contributed by atoms with Gasteiger partial charge in [-0.25, -0.2) is 13.1 Å². The lowest BCUT2D eigenvalue weighted by Gasteiger charge is -2.24. The first-order chi connectivity index (χ1) is 9.12. The number of nitrogens with two attached hydrogens (primary N) is 1. The van der Waals surface area contributed by atoms with Gasteiger partial charge in [-0.05, 0) is 25.3 Å². The van der Waals surface area contributed by atoms with Crippen molar-refractivity contribution in [2.24, 2.45) is 11.7 Å². The van der Waals surface area contributed by atoms with Crippen LogP contribution in [0.5, 0.6) is 0 Å². The summed E-state index contributed by atoms with van der Waals surface area (Å²) < 4.78 is 28.3. The van der Waals surface area contributed by atoms with Crippen LogP contribution in [0.1, 0.15) is 32.1 Å². The molecule has 7 heteroatoms. The van der Waals surface area contributed by atoms with E-state index in [4.69, 9.17) is 5.73 Å². The molecular weight excluding hydrogens is 264 g/mol. The van der Waals surface area contributed by atoms with Crippen LogP contribution in [0.25, 0.3) is 0 Å². The molecule has 1 aliphatic carbocycles. The van der Waals surface area contributed by atoms with E-state index in [0.717, 1.165) is 12.8 Å². The summed E-state index contributed by atoms with van der Waals surface area (Å²) in [7, 11) is -3.41. The van der Waals surface area contributed by atoms with E-state index in [1.807, 2.05) is 0 Å². The molecule has 0 atom stereocenters. The van der Waals surface area contributed by atoms with Crippen LogP contribution in [0, 0.1) is 5.92 Å². The van der Waals surface area contributed by atoms with Gasteiger partial charge < -0.3 is 5.73 Å². The third-order valence-electron chi connectivity index (χ3n) is 3.58. The highest BCUT2D eigenvalue weighted by molar-refractivity contribution is 7.89. The number of aryl methyl sites for hydroxylation is 1. The molecule has 1 aromatic heterocycles. The first kappa shape index (κ1) is 14.5. The number of nitrogens with one attached hydrogen (secondary N) is 1. The van der Waals surface area contributed by atoms with Gasteiger partial charge in [0.05, 0.1) is 6.20 Å². The Labute approximate surface area is 114 Å². The lowest BCUT2D eigenvalue weighted by molar-refractivity contribution is 0.297. The molecule has 1 aliphatic rings. The lowest BCUT2D eigenvalue weighted by atomic mass is 9.83. The van der Waals surface area contributed by atoms with E-state index in [1.165, 1.54) is 25.5 Å². The van der Waals surface area contributed by atoms with Crippen LogP contribution in [0.2, 0.25) is 0 Å². The van der Waals surface area contributed by atoms with E-state index in [1.54, 1.807) is 10.9 Å². The van der Waals surface area contributed by atoms with E-state index < -0.39 is 10.0 Å². The van der Waals surface area contributed by atoms with Crippen molar-refractivity contribution < 1.29 is 8.42 Å². The quantitative estimate of drug-likeness (QED) is 0.736. The van der Waals surface area contributed by atoms with E-state index in [9.17, 15) is 8.42 Å². The second kappa shape index (κ2) is 6.49. The van der Waals surface area contributed by atoms with Gasteiger partial charge in [-0.1, -0.05) is 19.3 Å². The van der Waals surface area contributed by atoms with Crippen LogP contribution in [-0.2, 0) is 16.6 Å². The number of hydrogen-bond acceptors (Lipinski definition) is 4. The second-order valence-electron chi connectivity index (χ2n) is 5.06. The van der Waals surface area contributed by atoms with Crippen LogP contribution < -0.4 is 10.5 Å². The largest absolute Gasteiger partial charge is 0.330 e. The smallest absolute Gasteiger partial charge is 0.243 e. The number of aromatic nitrogens is 2. The molecular formula is C12H22N4O2S. The fraction of sp³-hybridized carbons (Fsp3) is 0.750. The van der Waals surface area contributed by atoms with Crippen molar-refractivity contribution in [3.8, 4) is 0 Å². The molecule has 1 aromatic rings. The Bertz CT molecular complexity index is 494. The lowest BCUT2D eigenvalue weighted by Crippen LogP contribution is -2.27. The van der Waals surface area contributed by atoms with Crippen LogP contribution in [-0.4, -0.2) is 31.3 Å². The molecule has 1 fully saturated rings. The summed E-state index contributed by atoms with van der Waals surface area (Å²) in [5.74, 6) is 0.704. The fourth-order valence-electron chi connectivity index (χ4n) is 2.12. The first-order valence-corrected chi connectivity index (χ1v) is 8.32. The highest BCUT2D eigenvalue weighted by Gasteiger charge is 2.20. The Kier molecular flexibility index (Phi) is 4.95. The van der Waals surface area contributed by atoms with E-state index in [2.05, 4.69) is 9.82 Å². The number of sulfonamides is 1. The van der Waals surface area contributed by atoms with Gasteiger partial charge in [0.25, 0.3) is 0 Å². The minimum atomic E-state index is -3.41. The van der Waals surface area contributed by atoms with E-state index in [-0.39, 0.29) is 4.90 Å². The predicted octanol–water partition coefficient (Wildman–Crippen LogP) is 0.700. The molecule has 0 unspecified atom stereocenters. The molecule has 1 saturated carbocycles. The topological polar surface area (TPSA) is 90.0 Å². The highest BCUT2D eigenvalue weighted by Crippen LogP contribution is 2.28. The van der Waals surface area contributed by atoms with Gasteiger partial charge in [0.15, 0.2) is 0 Å². The summed E-state index contributed by atoms with van der Waals surface area (Å²) in [6, 6.07) is 0. The monoisotopic (exact) mass is 286 g/mol. The zero-order valence-electron chi connectivity index (χ0n) is 11.1. The molecule has 6 nitrogen and oxygen atoms in total. The van der Waals surface area contributed by atoms with Gasteiger partial charge in [0.2, 0.25) is 10.0 Å². The molecule has 0 amide bonds. The fourth-order valence-corrected chi connectivity index (χ4v) is 3.12. The Morgan fingerprint density at radius 3 is 2.89 bits per heavy atom. The Hall–Kier alpha value is -0.920. The van der Waals surface area contributed by atoms with Gasteiger partial charge >= 0.3 is 0 Å². The van der Waals surface area contributed by atoms with E-state index >= 15 is 0 Å². The van der Waals surface area contributed by atoms with Crippen molar-refractivity contribution in [1.29, 1.82) is 0 Å². The molecule has 0 aliphatic heterocycles. The predicted molar refractivity (Wildman–Crippen MR) is 73.0 cm³/mol. The molecule has 1 heterocycles. The van der Waals surface area contributed by atoms with Crippen molar-refractivity contribution in [2.75, 3.05) is 13.1 Å². The SMILES string of the molecule is NCCCn1cc(S(=O)(=O)NCCC2CCC2)cn1. The molecule has 0 spiro atoms. The summed E-state index contributed by atoms with van der Waals surface area (Å²) in [5.41, 5.74) is 5.41. The summed E-state index contributed by atoms with van der Waals surface area (Å²) in [6.07, 6.45) is 8.42. The zero-order chi connectivity index (χ0) is 13.7. The minimum Gasteiger partial charge on any atom is -0.330 e. The maximum Gasteiger partial charge on any atom is 0.243 e. The van der Waals surface area contributed by atoms with Gasteiger partial charge in [-0.3, -0.25) is 4.68 Å². The molecule has 0 saturated heterocycles. The van der Waals surface area contributed by atoms with Crippen LogP contribution in [0.15, 0.2) is 17.3 Å². The van der Waals surface area contributed by atoms with Crippen LogP contribution >= 0.6 is 0 Å². The second-order valence-corrected chi connectivity index (χ2v) is 6.83. The molecule has 0 aromatic carbocycles. The number of hydrogen-bond donors (Lipinski definition) is 2. The van der Waals surface area contributed by atoms with Crippen molar-refractivity contribution in [3.05, 3.63) is 12.4 Å². The molecule has 0 bridgehead atoms. The minimum absolute atomic E-state index is 0.234. The maximum atomic E-state index is 12.0. The highest BCUT2D eigenvalue weighted by atomic mass is 32.2. The summed E-state index contributed by atoms with van der Waals surface area (Å²) in [6.45, 7) is 1.73. The van der Waals surface area contributed by atoms with Gasteiger partial charge in [-0.2, -0.15) is 5.10 Å². The third-order valence-corrected chi connectivity index (χ3v) is 5.00. The molecule has 0 radical (unpaired) electrons. The van der Waals surface area contributed by atoms with Crippen molar-refractivity contribution in [1.82, 2.24) is 14.5 Å². The Morgan fingerprint density at radius 2 is 2.26 bits per heavy atom. The molecule has 108 valence electrons. The van der Waals surface area contributed by atoms with Crippen molar-refractivity contribution in [3.63, 3.8) is 0 Å². The molecule has 3 N–H and O–H groups in total. The summed E-state index contributed by atoms with van der Waals surface area (Å²) >= 11 is 0. The Balaban J connectivity index is 1.85. The van der Waals surface area contributed by atoms with Crippen LogP contribution in [0.4, 0.5) is 0 Å². The molecule has 2 rings (SSSR count). The van der Waals surface area contributed by atoms with Gasteiger partial charge in [0, 0.05) is 19.3 Å². The number of rotatable bonds is 8. The van der Waals surface area contributed by atoms with Gasteiger partial charge in [-0.15, -0.1) is 0 Å². The summed E-state index contributed by atoms with van der Waals surface area (Å²) in [5, 5.41) is 4.03. The number of nitrogens with zero attached hydrogens (tertiary/aromatic N) is 2. The third kappa shape index (κ3) is 4.02. The zero-order valence-corrected chi connectivity index (χ0v) is 11.9. The average Bonchev–Trinajstić information content (AvgIpc) is 2.79. The van der Waals surface area contributed by atoms with Crippen LogP contribution in [0.3, 0.4) is 0 Å². The van der Waals surface area contributed by atoms with Gasteiger partial charge in [0.1, 0.15) is 4.90 Å². The van der Waals surface area contributed by atoms with E-state index in [0.29, 0.717) is 25.6 Å².